The molecule has 94 valence electrons. The van der Waals surface area contributed by atoms with Crippen molar-refractivity contribution in [2.24, 2.45) is 0 Å². The van der Waals surface area contributed by atoms with Gasteiger partial charge in [-0.25, -0.2) is 9.97 Å². The lowest BCUT2D eigenvalue weighted by molar-refractivity contribution is 0.391. The Hall–Kier alpha value is -1.84. The van der Waals surface area contributed by atoms with Crippen molar-refractivity contribution in [3.8, 4) is 5.88 Å². The molecule has 0 aliphatic heterocycles. The van der Waals surface area contributed by atoms with Crippen LogP contribution in [0.2, 0.25) is 0 Å². The molecule has 0 unspecified atom stereocenters. The number of imidazole rings is 1. The summed E-state index contributed by atoms with van der Waals surface area (Å²) in [7, 11) is 1.66. The van der Waals surface area contributed by atoms with Gasteiger partial charge < -0.3 is 9.30 Å². The average Bonchev–Trinajstić information content (AvgIpc) is 2.83. The van der Waals surface area contributed by atoms with Crippen molar-refractivity contribution in [1.29, 1.82) is 0 Å². The number of nitrogens with zero attached hydrogens (tertiary/aromatic N) is 3. The van der Waals surface area contributed by atoms with Crippen LogP contribution >= 0.6 is 0 Å². The molecule has 0 fully saturated rings. The van der Waals surface area contributed by atoms with Gasteiger partial charge in [0, 0.05) is 17.5 Å². The maximum absolute atomic E-state index is 5.29. The van der Waals surface area contributed by atoms with Gasteiger partial charge in [0.25, 0.3) is 0 Å². The molecule has 1 aliphatic rings. The maximum Gasteiger partial charge on any atom is 0.218 e. The van der Waals surface area contributed by atoms with Crippen molar-refractivity contribution in [3.05, 3.63) is 41.6 Å². The summed E-state index contributed by atoms with van der Waals surface area (Å²) < 4.78 is 7.52. The highest BCUT2D eigenvalue weighted by Gasteiger charge is 2.16. The van der Waals surface area contributed by atoms with Crippen LogP contribution in [0.15, 0.2) is 24.7 Å². The number of hydrogen-bond acceptors (Lipinski definition) is 3. The maximum atomic E-state index is 5.29. The van der Waals surface area contributed by atoms with E-state index >= 15 is 0 Å². The fourth-order valence-corrected chi connectivity index (χ4v) is 2.58. The van der Waals surface area contributed by atoms with Crippen molar-refractivity contribution in [2.75, 3.05) is 7.11 Å². The van der Waals surface area contributed by atoms with Crippen LogP contribution in [-0.4, -0.2) is 21.6 Å². The van der Waals surface area contributed by atoms with E-state index in [0.717, 1.165) is 24.9 Å². The van der Waals surface area contributed by atoms with Crippen LogP contribution in [-0.2, 0) is 19.4 Å². The van der Waals surface area contributed by atoms with Gasteiger partial charge in [-0.3, -0.25) is 0 Å². The number of methoxy groups -OCH3 is 1. The number of aryl methyl sites for hydroxylation is 1. The summed E-state index contributed by atoms with van der Waals surface area (Å²) in [5.74, 6) is 0.704. The van der Waals surface area contributed by atoms with Gasteiger partial charge in [0.15, 0.2) is 0 Å². The number of pyridine rings is 1. The Balaban J connectivity index is 1.90. The van der Waals surface area contributed by atoms with Crippen LogP contribution in [0.4, 0.5) is 0 Å². The Morgan fingerprint density at radius 1 is 1.28 bits per heavy atom. The summed E-state index contributed by atoms with van der Waals surface area (Å²) in [5.41, 5.74) is 3.75. The summed E-state index contributed by atoms with van der Waals surface area (Å²) in [6.07, 6.45) is 8.49. The molecule has 4 nitrogen and oxygen atoms in total. The van der Waals surface area contributed by atoms with Crippen LogP contribution < -0.4 is 4.74 Å². The second-order valence-electron chi connectivity index (χ2n) is 4.64. The van der Waals surface area contributed by atoms with Crippen molar-refractivity contribution in [3.63, 3.8) is 0 Å². The molecule has 0 amide bonds. The van der Waals surface area contributed by atoms with E-state index in [-0.39, 0.29) is 0 Å². The first-order valence-corrected chi connectivity index (χ1v) is 6.39. The monoisotopic (exact) mass is 243 g/mol. The number of fused-ring (bicyclic) bond motifs is 1. The van der Waals surface area contributed by atoms with Crippen LogP contribution in [0, 0.1) is 0 Å². The molecule has 0 saturated carbocycles. The Kier molecular flexibility index (Phi) is 3.00. The first-order chi connectivity index (χ1) is 8.88. The Morgan fingerprint density at radius 3 is 3.06 bits per heavy atom. The topological polar surface area (TPSA) is 39.9 Å². The predicted octanol–water partition coefficient (Wildman–Crippen LogP) is 2.21. The molecular formula is C14H17N3O. The summed E-state index contributed by atoms with van der Waals surface area (Å²) in [5, 5.41) is 0. The van der Waals surface area contributed by atoms with E-state index in [4.69, 9.17) is 4.74 Å². The number of aromatic nitrogens is 3. The van der Waals surface area contributed by atoms with Crippen molar-refractivity contribution in [1.82, 2.24) is 14.5 Å². The SMILES string of the molecule is COc1ncccc1Cn1cnc2c1CCCC2. The van der Waals surface area contributed by atoms with E-state index in [9.17, 15) is 0 Å². The highest BCUT2D eigenvalue weighted by Crippen LogP contribution is 2.22. The number of ether oxygens (including phenoxy) is 1. The quantitative estimate of drug-likeness (QED) is 0.829. The minimum absolute atomic E-state index is 0.704. The first-order valence-electron chi connectivity index (χ1n) is 6.39. The highest BCUT2D eigenvalue weighted by atomic mass is 16.5. The van der Waals surface area contributed by atoms with Crippen molar-refractivity contribution in [2.45, 2.75) is 32.2 Å². The molecule has 0 saturated heterocycles. The molecule has 4 heteroatoms. The van der Waals surface area contributed by atoms with Crippen molar-refractivity contribution >= 4 is 0 Å². The highest BCUT2D eigenvalue weighted by molar-refractivity contribution is 5.27. The van der Waals surface area contributed by atoms with E-state index in [1.165, 1.54) is 24.2 Å². The molecule has 3 rings (SSSR count). The van der Waals surface area contributed by atoms with Crippen LogP contribution in [0.5, 0.6) is 5.88 Å². The zero-order valence-corrected chi connectivity index (χ0v) is 10.6. The first kappa shape index (κ1) is 11.3. The molecule has 0 N–H and O–H groups in total. The molecule has 2 aromatic rings. The molecule has 18 heavy (non-hydrogen) atoms. The lowest BCUT2D eigenvalue weighted by Crippen LogP contribution is -2.09. The molecule has 1 aliphatic carbocycles. The van der Waals surface area contributed by atoms with Gasteiger partial charge in [0.2, 0.25) is 5.88 Å². The minimum Gasteiger partial charge on any atom is -0.481 e. The van der Waals surface area contributed by atoms with Gasteiger partial charge >= 0.3 is 0 Å². The van der Waals surface area contributed by atoms with E-state index in [1.54, 1.807) is 13.3 Å². The molecule has 2 heterocycles. The third-order valence-electron chi connectivity index (χ3n) is 3.49. The third kappa shape index (κ3) is 1.98. The number of rotatable bonds is 3. The molecule has 0 radical (unpaired) electrons. The van der Waals surface area contributed by atoms with Gasteiger partial charge in [-0.05, 0) is 31.7 Å². The summed E-state index contributed by atoms with van der Waals surface area (Å²) >= 11 is 0. The van der Waals surface area contributed by atoms with E-state index in [0.29, 0.717) is 5.88 Å². The summed E-state index contributed by atoms with van der Waals surface area (Å²) in [4.78, 5) is 8.74. The molecule has 0 bridgehead atoms. The van der Waals surface area contributed by atoms with Crippen LogP contribution in [0.3, 0.4) is 0 Å². The second-order valence-corrected chi connectivity index (χ2v) is 4.64. The molecule has 0 atom stereocenters. The van der Waals surface area contributed by atoms with Gasteiger partial charge in [0.05, 0.1) is 25.7 Å². The predicted molar refractivity (Wildman–Crippen MR) is 68.8 cm³/mol. The van der Waals surface area contributed by atoms with Crippen LogP contribution in [0.1, 0.15) is 29.8 Å². The van der Waals surface area contributed by atoms with Crippen molar-refractivity contribution < 1.29 is 4.74 Å². The Labute approximate surface area is 107 Å². The molecule has 0 aromatic carbocycles. The smallest absolute Gasteiger partial charge is 0.218 e. The fraction of sp³-hybridized carbons (Fsp3) is 0.429. The molecule has 2 aromatic heterocycles. The van der Waals surface area contributed by atoms with Gasteiger partial charge in [0.1, 0.15) is 0 Å². The zero-order valence-electron chi connectivity index (χ0n) is 10.6. The van der Waals surface area contributed by atoms with Gasteiger partial charge in [-0.15, -0.1) is 0 Å². The average molecular weight is 243 g/mol. The Morgan fingerprint density at radius 2 is 2.17 bits per heavy atom. The van der Waals surface area contributed by atoms with E-state index in [2.05, 4.69) is 20.6 Å². The van der Waals surface area contributed by atoms with E-state index in [1.807, 2.05) is 12.4 Å². The van der Waals surface area contributed by atoms with E-state index < -0.39 is 0 Å². The number of hydrogen-bond donors (Lipinski definition) is 0. The standard InChI is InChI=1S/C14H17N3O/c1-18-14-11(5-4-8-15-14)9-17-10-16-12-6-2-3-7-13(12)17/h4-5,8,10H,2-3,6-7,9H2,1H3. The van der Waals surface area contributed by atoms with Gasteiger partial charge in [-0.2, -0.15) is 0 Å². The normalized spacial score (nSPS) is 14.3. The largest absolute Gasteiger partial charge is 0.481 e. The second kappa shape index (κ2) is 4.80. The summed E-state index contributed by atoms with van der Waals surface area (Å²) in [6, 6.07) is 4.00. The fourth-order valence-electron chi connectivity index (χ4n) is 2.58. The third-order valence-corrected chi connectivity index (χ3v) is 3.49. The van der Waals surface area contributed by atoms with Crippen LogP contribution in [0.25, 0.3) is 0 Å². The zero-order chi connectivity index (χ0) is 12.4. The Bertz CT molecular complexity index is 548. The lowest BCUT2D eigenvalue weighted by Gasteiger charge is -2.14. The molecular weight excluding hydrogens is 226 g/mol. The lowest BCUT2D eigenvalue weighted by atomic mass is 10.0. The summed E-state index contributed by atoms with van der Waals surface area (Å²) in [6.45, 7) is 0.791. The molecule has 0 spiro atoms. The van der Waals surface area contributed by atoms with Gasteiger partial charge in [-0.1, -0.05) is 6.07 Å². The minimum atomic E-state index is 0.704.